The smallest absolute Gasteiger partial charge is 0.219 e. The van der Waals surface area contributed by atoms with Crippen LogP contribution >= 0.6 is 0 Å². The highest BCUT2D eigenvalue weighted by Crippen LogP contribution is 2.48. The van der Waals surface area contributed by atoms with Crippen molar-refractivity contribution in [1.29, 1.82) is 0 Å². The second-order valence-corrected chi connectivity index (χ2v) is 7.87. The van der Waals surface area contributed by atoms with Crippen LogP contribution in [0.3, 0.4) is 0 Å². The van der Waals surface area contributed by atoms with Crippen molar-refractivity contribution in [3.05, 3.63) is 24.2 Å². The molecule has 1 aliphatic heterocycles. The van der Waals surface area contributed by atoms with Crippen LogP contribution < -0.4 is 0 Å². The van der Waals surface area contributed by atoms with E-state index in [9.17, 15) is 4.79 Å². The van der Waals surface area contributed by atoms with E-state index in [1.54, 1.807) is 13.2 Å². The van der Waals surface area contributed by atoms with Gasteiger partial charge in [-0.05, 0) is 56.1 Å². The molecule has 2 atom stereocenters. The molecular weight excluding hydrogens is 302 g/mol. The van der Waals surface area contributed by atoms with E-state index < -0.39 is 0 Å². The molecular formula is C20H33NO3. The molecule has 136 valence electrons. The van der Waals surface area contributed by atoms with E-state index in [0.717, 1.165) is 44.6 Å². The van der Waals surface area contributed by atoms with Crippen molar-refractivity contribution in [2.75, 3.05) is 13.2 Å². The van der Waals surface area contributed by atoms with Crippen molar-refractivity contribution in [2.45, 2.75) is 72.4 Å². The molecule has 2 heterocycles. The maximum atomic E-state index is 12.1. The first-order valence-corrected chi connectivity index (χ1v) is 9.22. The SMILES string of the molecule is CC[C@]1(C)C[C@@](CCN(Cc2ccco2)C(C)=O)(C(C)C)CCO1. The number of nitrogens with zero attached hydrogens (tertiary/aromatic N) is 1. The van der Waals surface area contributed by atoms with E-state index in [1.165, 1.54) is 0 Å². The van der Waals surface area contributed by atoms with Crippen molar-refractivity contribution in [3.63, 3.8) is 0 Å². The minimum atomic E-state index is -0.0371. The minimum absolute atomic E-state index is 0.0371. The molecule has 1 aliphatic rings. The predicted octanol–water partition coefficient (Wildman–Crippen LogP) is 4.64. The maximum Gasteiger partial charge on any atom is 0.219 e. The highest BCUT2D eigenvalue weighted by Gasteiger charge is 2.44. The Balaban J connectivity index is 2.07. The fourth-order valence-corrected chi connectivity index (χ4v) is 3.90. The Morgan fingerprint density at radius 3 is 2.71 bits per heavy atom. The fourth-order valence-electron chi connectivity index (χ4n) is 3.90. The Bertz CT molecular complexity index is 525. The number of ether oxygens (including phenoxy) is 1. The number of carbonyl (C=O) groups excluding carboxylic acids is 1. The van der Waals surface area contributed by atoms with Gasteiger partial charge >= 0.3 is 0 Å². The van der Waals surface area contributed by atoms with Gasteiger partial charge in [0.25, 0.3) is 0 Å². The molecule has 4 nitrogen and oxygen atoms in total. The normalized spacial score (nSPS) is 27.4. The van der Waals surface area contributed by atoms with Gasteiger partial charge in [0.05, 0.1) is 18.4 Å². The quantitative estimate of drug-likeness (QED) is 0.729. The molecule has 0 radical (unpaired) electrons. The van der Waals surface area contributed by atoms with Crippen LogP contribution in [0.2, 0.25) is 0 Å². The lowest BCUT2D eigenvalue weighted by atomic mass is 9.64. The van der Waals surface area contributed by atoms with Crippen LogP contribution in [0.15, 0.2) is 22.8 Å². The van der Waals surface area contributed by atoms with Gasteiger partial charge in [-0.15, -0.1) is 0 Å². The summed E-state index contributed by atoms with van der Waals surface area (Å²) in [4.78, 5) is 14.0. The molecule has 1 fully saturated rings. The van der Waals surface area contributed by atoms with Crippen LogP contribution in [0.4, 0.5) is 0 Å². The third kappa shape index (κ3) is 4.41. The molecule has 0 bridgehead atoms. The van der Waals surface area contributed by atoms with Gasteiger partial charge in [0.1, 0.15) is 5.76 Å². The summed E-state index contributed by atoms with van der Waals surface area (Å²) < 4.78 is 11.5. The number of rotatable bonds is 7. The number of hydrogen-bond donors (Lipinski definition) is 0. The van der Waals surface area contributed by atoms with Crippen LogP contribution in [0.25, 0.3) is 0 Å². The summed E-state index contributed by atoms with van der Waals surface area (Å²) in [6.45, 7) is 12.8. The lowest BCUT2D eigenvalue weighted by Gasteiger charge is -2.49. The molecule has 0 aliphatic carbocycles. The van der Waals surface area contributed by atoms with Crippen molar-refractivity contribution in [2.24, 2.45) is 11.3 Å². The molecule has 2 rings (SSSR count). The average Bonchev–Trinajstić information content (AvgIpc) is 3.04. The van der Waals surface area contributed by atoms with Crippen molar-refractivity contribution < 1.29 is 13.9 Å². The van der Waals surface area contributed by atoms with Gasteiger partial charge in [0, 0.05) is 20.1 Å². The first-order chi connectivity index (χ1) is 11.3. The van der Waals surface area contributed by atoms with Crippen molar-refractivity contribution in [3.8, 4) is 0 Å². The Labute approximate surface area is 146 Å². The Kier molecular flexibility index (Phi) is 6.13. The number of carbonyl (C=O) groups is 1. The zero-order chi connectivity index (χ0) is 17.8. The van der Waals surface area contributed by atoms with Gasteiger partial charge in [-0.25, -0.2) is 0 Å². The Morgan fingerprint density at radius 2 is 2.17 bits per heavy atom. The Morgan fingerprint density at radius 1 is 1.42 bits per heavy atom. The predicted molar refractivity (Wildman–Crippen MR) is 95.6 cm³/mol. The third-order valence-electron chi connectivity index (χ3n) is 6.00. The average molecular weight is 335 g/mol. The van der Waals surface area contributed by atoms with Crippen molar-refractivity contribution in [1.82, 2.24) is 4.90 Å². The molecule has 1 amide bonds. The summed E-state index contributed by atoms with van der Waals surface area (Å²) in [5, 5.41) is 0. The molecule has 1 aromatic heterocycles. The number of furan rings is 1. The number of hydrogen-bond acceptors (Lipinski definition) is 3. The van der Waals surface area contributed by atoms with Gasteiger partial charge < -0.3 is 14.1 Å². The molecule has 0 saturated carbocycles. The number of amides is 1. The summed E-state index contributed by atoms with van der Waals surface area (Å²) >= 11 is 0. The van der Waals surface area contributed by atoms with Gasteiger partial charge in [-0.3, -0.25) is 4.79 Å². The van der Waals surface area contributed by atoms with E-state index in [2.05, 4.69) is 27.7 Å². The lowest BCUT2D eigenvalue weighted by Crippen LogP contribution is -2.47. The fraction of sp³-hybridized carbons (Fsp3) is 0.750. The van der Waals surface area contributed by atoms with Crippen LogP contribution in [0, 0.1) is 11.3 Å². The maximum absolute atomic E-state index is 12.1. The summed E-state index contributed by atoms with van der Waals surface area (Å²) in [5.41, 5.74) is 0.199. The van der Waals surface area contributed by atoms with Gasteiger partial charge in [-0.2, -0.15) is 0 Å². The van der Waals surface area contributed by atoms with Gasteiger partial charge in [0.15, 0.2) is 0 Å². The van der Waals surface area contributed by atoms with E-state index in [1.807, 2.05) is 17.0 Å². The third-order valence-corrected chi connectivity index (χ3v) is 6.00. The zero-order valence-electron chi connectivity index (χ0n) is 15.9. The van der Waals surface area contributed by atoms with E-state index in [0.29, 0.717) is 12.5 Å². The molecule has 0 aromatic carbocycles. The van der Waals surface area contributed by atoms with Crippen molar-refractivity contribution >= 4 is 5.91 Å². The van der Waals surface area contributed by atoms with E-state index in [-0.39, 0.29) is 16.9 Å². The summed E-state index contributed by atoms with van der Waals surface area (Å²) in [6.07, 6.45) is 5.86. The largest absolute Gasteiger partial charge is 0.467 e. The monoisotopic (exact) mass is 335 g/mol. The first-order valence-electron chi connectivity index (χ1n) is 9.22. The van der Waals surface area contributed by atoms with E-state index in [4.69, 9.17) is 9.15 Å². The molecule has 24 heavy (non-hydrogen) atoms. The van der Waals surface area contributed by atoms with Crippen LogP contribution in [-0.2, 0) is 16.1 Å². The highest BCUT2D eigenvalue weighted by molar-refractivity contribution is 5.73. The highest BCUT2D eigenvalue weighted by atomic mass is 16.5. The minimum Gasteiger partial charge on any atom is -0.467 e. The molecule has 1 saturated heterocycles. The zero-order valence-corrected chi connectivity index (χ0v) is 15.9. The second kappa shape index (κ2) is 7.73. The molecule has 0 unspecified atom stereocenters. The molecule has 0 N–H and O–H groups in total. The van der Waals surface area contributed by atoms with Gasteiger partial charge in [-0.1, -0.05) is 20.8 Å². The molecule has 1 aromatic rings. The van der Waals surface area contributed by atoms with Crippen LogP contribution in [0.5, 0.6) is 0 Å². The van der Waals surface area contributed by atoms with Gasteiger partial charge in [0.2, 0.25) is 5.91 Å². The summed E-state index contributed by atoms with van der Waals surface area (Å²) in [7, 11) is 0. The van der Waals surface area contributed by atoms with E-state index >= 15 is 0 Å². The molecule has 4 heteroatoms. The van der Waals surface area contributed by atoms with Crippen LogP contribution in [-0.4, -0.2) is 29.6 Å². The summed E-state index contributed by atoms with van der Waals surface area (Å²) in [6, 6.07) is 3.80. The Hall–Kier alpha value is -1.29. The molecule has 0 spiro atoms. The second-order valence-electron chi connectivity index (χ2n) is 7.87. The standard InChI is InChI=1S/C20H33NO3/c1-6-19(5)15-20(16(2)3,10-13-24-19)9-11-21(17(4)22)14-18-8-7-12-23-18/h7-8,12,16H,6,9-11,13-15H2,1-5H3/t19-,20+/m1/s1. The lowest BCUT2D eigenvalue weighted by molar-refractivity contribution is -0.139. The topological polar surface area (TPSA) is 42.7 Å². The van der Waals surface area contributed by atoms with Crippen LogP contribution in [0.1, 0.15) is 66.1 Å². The first kappa shape index (κ1) is 19.0. The summed E-state index contributed by atoms with van der Waals surface area (Å²) in [5.74, 6) is 1.52.